The molecule has 0 aliphatic rings. The van der Waals surface area contributed by atoms with E-state index in [1.165, 1.54) is 12.2 Å². The second kappa shape index (κ2) is 10.0. The first-order chi connectivity index (χ1) is 11.7. The van der Waals surface area contributed by atoms with Gasteiger partial charge in [-0.05, 0) is 30.4 Å². The highest BCUT2D eigenvalue weighted by Gasteiger charge is 2.09. The molecular formula is C18H27N5S. The summed E-state index contributed by atoms with van der Waals surface area (Å²) in [7, 11) is 3.85. The molecule has 0 atom stereocenters. The zero-order valence-electron chi connectivity index (χ0n) is 14.7. The molecule has 2 rings (SSSR count). The molecule has 1 heterocycles. The van der Waals surface area contributed by atoms with E-state index < -0.39 is 0 Å². The SMILES string of the molecule is CN=C(NCCCCSC)N(C)Cc1ncc(-c2ccccc2)[nH]1. The van der Waals surface area contributed by atoms with E-state index in [4.69, 9.17) is 0 Å². The van der Waals surface area contributed by atoms with Crippen LogP contribution in [0.5, 0.6) is 0 Å². The molecule has 0 saturated heterocycles. The first-order valence-corrected chi connectivity index (χ1v) is 9.64. The van der Waals surface area contributed by atoms with Crippen molar-refractivity contribution in [3.63, 3.8) is 0 Å². The highest BCUT2D eigenvalue weighted by atomic mass is 32.2. The van der Waals surface area contributed by atoms with Gasteiger partial charge < -0.3 is 15.2 Å². The Labute approximate surface area is 149 Å². The molecule has 2 aromatic rings. The smallest absolute Gasteiger partial charge is 0.193 e. The number of aliphatic imine (C=N–C) groups is 1. The average Bonchev–Trinajstić information content (AvgIpc) is 3.07. The third-order valence-corrected chi connectivity index (χ3v) is 4.43. The van der Waals surface area contributed by atoms with Gasteiger partial charge in [-0.1, -0.05) is 30.3 Å². The van der Waals surface area contributed by atoms with Crippen molar-refractivity contribution in [1.82, 2.24) is 20.2 Å². The fourth-order valence-corrected chi connectivity index (χ4v) is 2.96. The van der Waals surface area contributed by atoms with Crippen LogP contribution in [0, 0.1) is 0 Å². The molecule has 0 saturated carbocycles. The molecule has 0 aliphatic heterocycles. The summed E-state index contributed by atoms with van der Waals surface area (Å²) < 4.78 is 0. The number of H-pyrrole nitrogens is 1. The van der Waals surface area contributed by atoms with Gasteiger partial charge in [0, 0.05) is 20.6 Å². The minimum absolute atomic E-state index is 0.692. The van der Waals surface area contributed by atoms with Gasteiger partial charge in [-0.25, -0.2) is 4.98 Å². The van der Waals surface area contributed by atoms with E-state index >= 15 is 0 Å². The van der Waals surface area contributed by atoms with Crippen LogP contribution in [0.25, 0.3) is 11.3 Å². The van der Waals surface area contributed by atoms with Gasteiger partial charge in [-0.3, -0.25) is 4.99 Å². The number of benzene rings is 1. The molecule has 0 bridgehead atoms. The Bertz CT molecular complexity index is 623. The summed E-state index contributed by atoms with van der Waals surface area (Å²) in [4.78, 5) is 14.3. The normalized spacial score (nSPS) is 11.5. The van der Waals surface area contributed by atoms with Crippen molar-refractivity contribution in [2.75, 3.05) is 32.6 Å². The van der Waals surface area contributed by atoms with Crippen LogP contribution in [0.2, 0.25) is 0 Å². The summed E-state index contributed by atoms with van der Waals surface area (Å²) in [5.74, 6) is 3.05. The first-order valence-electron chi connectivity index (χ1n) is 8.24. The second-order valence-corrected chi connectivity index (χ2v) is 6.63. The van der Waals surface area contributed by atoms with E-state index in [0.717, 1.165) is 36.0 Å². The zero-order chi connectivity index (χ0) is 17.2. The van der Waals surface area contributed by atoms with Crippen LogP contribution in [0.1, 0.15) is 18.7 Å². The Hall–Kier alpha value is -1.95. The Balaban J connectivity index is 1.86. The van der Waals surface area contributed by atoms with Gasteiger partial charge in [0.2, 0.25) is 0 Å². The quantitative estimate of drug-likeness (QED) is 0.438. The summed E-state index contributed by atoms with van der Waals surface area (Å²) >= 11 is 1.89. The maximum absolute atomic E-state index is 4.49. The van der Waals surface area contributed by atoms with Crippen LogP contribution in [0.4, 0.5) is 0 Å². The lowest BCUT2D eigenvalue weighted by atomic mass is 10.2. The fourth-order valence-electron chi connectivity index (χ4n) is 2.46. The first kappa shape index (κ1) is 18.4. The topological polar surface area (TPSA) is 56.3 Å². The van der Waals surface area contributed by atoms with E-state index in [2.05, 4.69) is 43.6 Å². The molecule has 24 heavy (non-hydrogen) atoms. The Morgan fingerprint density at radius 2 is 2.08 bits per heavy atom. The van der Waals surface area contributed by atoms with Crippen molar-refractivity contribution < 1.29 is 0 Å². The largest absolute Gasteiger partial charge is 0.356 e. The number of unbranched alkanes of at least 4 members (excludes halogenated alkanes) is 1. The number of nitrogens with one attached hydrogen (secondary N) is 2. The van der Waals surface area contributed by atoms with Gasteiger partial charge in [-0.2, -0.15) is 11.8 Å². The predicted octanol–water partition coefficient (Wildman–Crippen LogP) is 3.23. The van der Waals surface area contributed by atoms with E-state index in [-0.39, 0.29) is 0 Å². The zero-order valence-corrected chi connectivity index (χ0v) is 15.6. The van der Waals surface area contributed by atoms with Gasteiger partial charge in [0.05, 0.1) is 18.4 Å². The Morgan fingerprint density at radius 3 is 2.79 bits per heavy atom. The fraction of sp³-hybridized carbons (Fsp3) is 0.444. The van der Waals surface area contributed by atoms with Crippen molar-refractivity contribution >= 4 is 17.7 Å². The monoisotopic (exact) mass is 345 g/mol. The third-order valence-electron chi connectivity index (χ3n) is 3.73. The van der Waals surface area contributed by atoms with Gasteiger partial charge in [-0.15, -0.1) is 0 Å². The van der Waals surface area contributed by atoms with E-state index in [0.29, 0.717) is 6.54 Å². The number of thioether (sulfide) groups is 1. The standard InChI is InChI=1S/C18H27N5S/c1-19-18(20-11-7-8-12-24-3)23(2)14-17-21-13-16(22-17)15-9-5-4-6-10-15/h4-6,9-10,13H,7-8,11-12,14H2,1-3H3,(H,19,20)(H,21,22). The summed E-state index contributed by atoms with van der Waals surface area (Å²) in [5, 5.41) is 3.41. The van der Waals surface area contributed by atoms with Gasteiger partial charge in [0.15, 0.2) is 5.96 Å². The molecule has 0 radical (unpaired) electrons. The summed E-state index contributed by atoms with van der Waals surface area (Å²) in [6.07, 6.45) is 6.42. The number of hydrogen-bond donors (Lipinski definition) is 2. The molecular weight excluding hydrogens is 318 g/mol. The van der Waals surface area contributed by atoms with Crippen LogP contribution in [0.3, 0.4) is 0 Å². The molecule has 130 valence electrons. The Kier molecular flexibility index (Phi) is 7.68. The highest BCUT2D eigenvalue weighted by Crippen LogP contribution is 2.16. The maximum Gasteiger partial charge on any atom is 0.193 e. The molecule has 0 amide bonds. The minimum Gasteiger partial charge on any atom is -0.356 e. The number of aromatic amines is 1. The molecule has 2 N–H and O–H groups in total. The molecule has 0 fully saturated rings. The molecule has 5 nitrogen and oxygen atoms in total. The van der Waals surface area contributed by atoms with Gasteiger partial charge >= 0.3 is 0 Å². The second-order valence-electron chi connectivity index (χ2n) is 5.64. The van der Waals surface area contributed by atoms with Crippen LogP contribution in [-0.2, 0) is 6.54 Å². The van der Waals surface area contributed by atoms with Crippen LogP contribution >= 0.6 is 11.8 Å². The number of hydrogen-bond acceptors (Lipinski definition) is 3. The van der Waals surface area contributed by atoms with Crippen LogP contribution in [0.15, 0.2) is 41.5 Å². The van der Waals surface area contributed by atoms with Crippen molar-refractivity contribution in [3.05, 3.63) is 42.4 Å². The third kappa shape index (κ3) is 5.60. The number of nitrogens with zero attached hydrogens (tertiary/aromatic N) is 3. The van der Waals surface area contributed by atoms with Crippen LogP contribution in [-0.4, -0.2) is 53.5 Å². The molecule has 6 heteroatoms. The summed E-state index contributed by atoms with van der Waals surface area (Å²) in [6.45, 7) is 1.64. The summed E-state index contributed by atoms with van der Waals surface area (Å²) in [6, 6.07) is 10.2. The van der Waals surface area contributed by atoms with Crippen LogP contribution < -0.4 is 5.32 Å². The summed E-state index contributed by atoms with van der Waals surface area (Å²) in [5.41, 5.74) is 2.19. The minimum atomic E-state index is 0.692. The lowest BCUT2D eigenvalue weighted by molar-refractivity contribution is 0.463. The van der Waals surface area contributed by atoms with Crippen molar-refractivity contribution in [2.45, 2.75) is 19.4 Å². The van der Waals surface area contributed by atoms with Crippen molar-refractivity contribution in [2.24, 2.45) is 4.99 Å². The van der Waals surface area contributed by atoms with Gasteiger partial charge in [0.1, 0.15) is 5.82 Å². The lowest BCUT2D eigenvalue weighted by Crippen LogP contribution is -2.39. The molecule has 0 aliphatic carbocycles. The molecule has 1 aromatic carbocycles. The number of aromatic nitrogens is 2. The average molecular weight is 346 g/mol. The number of imidazole rings is 1. The molecule has 1 aromatic heterocycles. The Morgan fingerprint density at radius 1 is 1.29 bits per heavy atom. The van der Waals surface area contributed by atoms with E-state index in [9.17, 15) is 0 Å². The van der Waals surface area contributed by atoms with E-state index in [1.54, 1.807) is 0 Å². The molecule has 0 unspecified atom stereocenters. The predicted molar refractivity (Wildman–Crippen MR) is 104 cm³/mol. The highest BCUT2D eigenvalue weighted by molar-refractivity contribution is 7.98. The lowest BCUT2D eigenvalue weighted by Gasteiger charge is -2.21. The number of rotatable bonds is 8. The van der Waals surface area contributed by atoms with Crippen molar-refractivity contribution in [1.29, 1.82) is 0 Å². The van der Waals surface area contributed by atoms with E-state index in [1.807, 2.05) is 50.3 Å². The van der Waals surface area contributed by atoms with Crippen molar-refractivity contribution in [3.8, 4) is 11.3 Å². The molecule has 0 spiro atoms. The maximum atomic E-state index is 4.49. The number of guanidine groups is 1. The van der Waals surface area contributed by atoms with Gasteiger partial charge in [0.25, 0.3) is 0 Å².